The summed E-state index contributed by atoms with van der Waals surface area (Å²) in [4.78, 5) is 14.8. The summed E-state index contributed by atoms with van der Waals surface area (Å²) in [7, 11) is 0. The van der Waals surface area contributed by atoms with E-state index in [1.54, 1.807) is 29.8 Å². The van der Waals surface area contributed by atoms with Gasteiger partial charge < -0.3 is 5.11 Å². The van der Waals surface area contributed by atoms with Crippen LogP contribution in [0.3, 0.4) is 0 Å². The van der Waals surface area contributed by atoms with Crippen molar-refractivity contribution in [3.8, 4) is 0 Å². The van der Waals surface area contributed by atoms with Crippen molar-refractivity contribution < 1.29 is 9.90 Å². The van der Waals surface area contributed by atoms with Gasteiger partial charge in [-0.2, -0.15) is 0 Å². The molecule has 0 heterocycles. The molecule has 1 unspecified atom stereocenters. The minimum Gasteiger partial charge on any atom is -0.479 e. The number of carboxylic acids is 1. The average molecular weight is 209 g/mol. The lowest BCUT2D eigenvalue weighted by Gasteiger charge is -2.06. The standard InChI is InChI=1S/C10H11NO2S/c1-14-7-11-9(10(12)13)8-5-3-2-4-6-8/h2-7,9H,1H3,(H,12,13). The molecule has 0 saturated heterocycles. The topological polar surface area (TPSA) is 49.7 Å². The van der Waals surface area contributed by atoms with Crippen LogP contribution in [0.5, 0.6) is 0 Å². The van der Waals surface area contributed by atoms with E-state index in [0.717, 1.165) is 0 Å². The number of carboxylic acid groups (broad SMARTS) is 1. The third-order valence-corrected chi connectivity index (χ3v) is 2.00. The first-order valence-corrected chi connectivity index (χ1v) is 5.36. The van der Waals surface area contributed by atoms with E-state index in [9.17, 15) is 4.79 Å². The van der Waals surface area contributed by atoms with Crippen LogP contribution in [0.1, 0.15) is 11.6 Å². The van der Waals surface area contributed by atoms with Gasteiger partial charge in [-0.1, -0.05) is 30.3 Å². The summed E-state index contributed by atoms with van der Waals surface area (Å²) in [5, 5.41) is 8.93. The molecule has 0 aromatic heterocycles. The largest absolute Gasteiger partial charge is 0.479 e. The van der Waals surface area contributed by atoms with Crippen molar-refractivity contribution in [1.29, 1.82) is 0 Å². The number of aliphatic imine (C=N–C) groups is 1. The minimum absolute atomic E-state index is 0.699. The molecule has 0 spiro atoms. The molecule has 0 saturated carbocycles. The second-order valence-corrected chi connectivity index (χ2v) is 3.32. The van der Waals surface area contributed by atoms with Crippen LogP contribution in [0.25, 0.3) is 0 Å². The van der Waals surface area contributed by atoms with Gasteiger partial charge in [0, 0.05) is 0 Å². The highest BCUT2D eigenvalue weighted by molar-refractivity contribution is 8.11. The zero-order valence-corrected chi connectivity index (χ0v) is 8.57. The van der Waals surface area contributed by atoms with Crippen molar-refractivity contribution in [3.63, 3.8) is 0 Å². The number of thioether (sulfide) groups is 1. The van der Waals surface area contributed by atoms with E-state index >= 15 is 0 Å². The summed E-state index contributed by atoms with van der Waals surface area (Å²) in [5.41, 5.74) is 2.25. The molecule has 0 radical (unpaired) electrons. The molecule has 0 amide bonds. The van der Waals surface area contributed by atoms with Crippen LogP contribution in [0.2, 0.25) is 0 Å². The molecular weight excluding hydrogens is 198 g/mol. The van der Waals surface area contributed by atoms with Crippen molar-refractivity contribution in [2.24, 2.45) is 4.99 Å². The first kappa shape index (κ1) is 10.8. The number of rotatable bonds is 4. The molecule has 0 fully saturated rings. The van der Waals surface area contributed by atoms with Gasteiger partial charge in [-0.25, -0.2) is 4.79 Å². The van der Waals surface area contributed by atoms with Gasteiger partial charge >= 0.3 is 5.97 Å². The van der Waals surface area contributed by atoms with E-state index in [1.807, 2.05) is 12.3 Å². The Bertz CT molecular complexity index is 324. The van der Waals surface area contributed by atoms with Gasteiger partial charge in [0.05, 0.1) is 5.55 Å². The van der Waals surface area contributed by atoms with E-state index in [4.69, 9.17) is 5.11 Å². The molecule has 0 aliphatic rings. The van der Waals surface area contributed by atoms with Crippen LogP contribution in [-0.2, 0) is 4.79 Å². The Labute approximate surface area is 86.9 Å². The van der Waals surface area contributed by atoms with Crippen LogP contribution in [0.4, 0.5) is 0 Å². The Morgan fingerprint density at radius 3 is 2.64 bits per heavy atom. The van der Waals surface area contributed by atoms with Crippen LogP contribution in [0.15, 0.2) is 35.3 Å². The van der Waals surface area contributed by atoms with Crippen LogP contribution in [-0.4, -0.2) is 22.9 Å². The Balaban J connectivity index is 2.89. The zero-order valence-electron chi connectivity index (χ0n) is 7.75. The lowest BCUT2D eigenvalue weighted by atomic mass is 10.1. The fraction of sp³-hybridized carbons (Fsp3) is 0.200. The first-order valence-electron chi connectivity index (χ1n) is 4.08. The van der Waals surface area contributed by atoms with Gasteiger partial charge in [0.2, 0.25) is 0 Å². The van der Waals surface area contributed by atoms with Gasteiger partial charge in [-0.15, -0.1) is 11.8 Å². The quantitative estimate of drug-likeness (QED) is 0.611. The van der Waals surface area contributed by atoms with Crippen LogP contribution >= 0.6 is 11.8 Å². The number of nitrogens with zero attached hydrogens (tertiary/aromatic N) is 1. The summed E-state index contributed by atoms with van der Waals surface area (Å²) < 4.78 is 0. The van der Waals surface area contributed by atoms with E-state index in [2.05, 4.69) is 4.99 Å². The highest BCUT2D eigenvalue weighted by Gasteiger charge is 2.16. The molecule has 0 aliphatic heterocycles. The average Bonchev–Trinajstić information content (AvgIpc) is 2.19. The maximum absolute atomic E-state index is 10.9. The van der Waals surface area contributed by atoms with E-state index in [-0.39, 0.29) is 0 Å². The van der Waals surface area contributed by atoms with Crippen LogP contribution in [0, 0.1) is 0 Å². The number of aliphatic carboxylic acids is 1. The highest BCUT2D eigenvalue weighted by Crippen LogP contribution is 2.17. The molecule has 1 rings (SSSR count). The highest BCUT2D eigenvalue weighted by atomic mass is 32.2. The smallest absolute Gasteiger partial charge is 0.333 e. The molecule has 1 N–H and O–H groups in total. The summed E-state index contributed by atoms with van der Waals surface area (Å²) >= 11 is 1.39. The minimum atomic E-state index is -0.929. The fourth-order valence-electron chi connectivity index (χ4n) is 1.05. The fourth-order valence-corrected chi connectivity index (χ4v) is 1.29. The molecule has 1 atom stereocenters. The summed E-state index contributed by atoms with van der Waals surface area (Å²) in [6, 6.07) is 8.19. The predicted molar refractivity (Wildman–Crippen MR) is 58.8 cm³/mol. The maximum Gasteiger partial charge on any atom is 0.333 e. The molecule has 1 aromatic rings. The predicted octanol–water partition coefficient (Wildman–Crippen LogP) is 2.20. The molecule has 0 bridgehead atoms. The SMILES string of the molecule is CSC=NC(C(=O)O)c1ccccc1. The van der Waals surface area contributed by atoms with Crippen molar-refractivity contribution in [3.05, 3.63) is 35.9 Å². The monoisotopic (exact) mass is 209 g/mol. The lowest BCUT2D eigenvalue weighted by Crippen LogP contribution is -2.08. The number of carbonyl (C=O) groups is 1. The van der Waals surface area contributed by atoms with Gasteiger partial charge in [0.15, 0.2) is 6.04 Å². The molecule has 74 valence electrons. The molecule has 14 heavy (non-hydrogen) atoms. The van der Waals surface area contributed by atoms with Crippen molar-refractivity contribution in [2.45, 2.75) is 6.04 Å². The van der Waals surface area contributed by atoms with Gasteiger partial charge in [-0.3, -0.25) is 4.99 Å². The van der Waals surface area contributed by atoms with Crippen molar-refractivity contribution in [2.75, 3.05) is 6.26 Å². The first-order chi connectivity index (χ1) is 6.75. The third kappa shape index (κ3) is 2.88. The second kappa shape index (κ2) is 5.44. The Morgan fingerprint density at radius 2 is 2.14 bits per heavy atom. The Kier molecular flexibility index (Phi) is 4.19. The van der Waals surface area contributed by atoms with Crippen molar-refractivity contribution >= 4 is 23.3 Å². The molecule has 0 aliphatic carbocycles. The summed E-state index contributed by atoms with van der Waals surface area (Å²) in [5.74, 6) is -0.929. The van der Waals surface area contributed by atoms with Gasteiger partial charge in [0.25, 0.3) is 0 Å². The second-order valence-electron chi connectivity index (χ2n) is 2.64. The van der Waals surface area contributed by atoms with E-state index < -0.39 is 12.0 Å². The summed E-state index contributed by atoms with van der Waals surface area (Å²) in [6.07, 6.45) is 1.84. The molecule has 1 aromatic carbocycles. The number of hydrogen-bond acceptors (Lipinski definition) is 3. The lowest BCUT2D eigenvalue weighted by molar-refractivity contribution is -0.138. The third-order valence-electron chi connectivity index (χ3n) is 1.66. The Hall–Kier alpha value is -1.29. The van der Waals surface area contributed by atoms with Gasteiger partial charge in [-0.05, 0) is 11.8 Å². The maximum atomic E-state index is 10.9. The van der Waals surface area contributed by atoms with E-state index in [0.29, 0.717) is 5.56 Å². The normalized spacial score (nSPS) is 12.9. The van der Waals surface area contributed by atoms with E-state index in [1.165, 1.54) is 11.8 Å². The van der Waals surface area contributed by atoms with Crippen LogP contribution < -0.4 is 0 Å². The molecule has 3 nitrogen and oxygen atoms in total. The summed E-state index contributed by atoms with van der Waals surface area (Å²) in [6.45, 7) is 0. The molecular formula is C10H11NO2S. The number of hydrogen-bond donors (Lipinski definition) is 1. The van der Waals surface area contributed by atoms with Gasteiger partial charge in [0.1, 0.15) is 0 Å². The van der Waals surface area contributed by atoms with Crippen molar-refractivity contribution in [1.82, 2.24) is 0 Å². The zero-order chi connectivity index (χ0) is 10.4. The number of benzene rings is 1. The molecule has 4 heteroatoms. The Morgan fingerprint density at radius 1 is 1.50 bits per heavy atom.